The first-order valence-corrected chi connectivity index (χ1v) is 4.84. The first kappa shape index (κ1) is 10.4. The lowest BCUT2D eigenvalue weighted by Crippen LogP contribution is -2.12. The Labute approximate surface area is 92.5 Å². The number of primary amides is 1. The zero-order valence-electron chi connectivity index (χ0n) is 8.48. The van der Waals surface area contributed by atoms with Crippen LogP contribution in [0.2, 0.25) is 0 Å². The number of rotatable bonds is 2. The molecule has 0 radical (unpaired) electrons. The number of benzene rings is 2. The van der Waals surface area contributed by atoms with Crippen molar-refractivity contribution in [2.24, 2.45) is 5.73 Å². The molecule has 1 amide bonds. The number of carbonyl (C=O) groups excluding carboxylic acids is 1. The molecule has 0 saturated heterocycles. The Balaban J connectivity index is 2.65. The summed E-state index contributed by atoms with van der Waals surface area (Å²) in [6, 6.07) is 13.0. The zero-order chi connectivity index (χ0) is 11.5. The second kappa shape index (κ2) is 4.14. The minimum absolute atomic E-state index is 0.326. The molecule has 2 N–H and O–H groups in total. The van der Waals surface area contributed by atoms with Crippen molar-refractivity contribution in [2.45, 2.75) is 0 Å². The molecule has 0 spiro atoms. The average molecular weight is 215 g/mol. The highest BCUT2D eigenvalue weighted by Gasteiger charge is 2.11. The number of hydrogen-bond donors (Lipinski definition) is 1. The van der Waals surface area contributed by atoms with Crippen LogP contribution in [0.15, 0.2) is 48.5 Å². The van der Waals surface area contributed by atoms with Gasteiger partial charge in [0.15, 0.2) is 0 Å². The van der Waals surface area contributed by atoms with E-state index in [1.54, 1.807) is 42.5 Å². The van der Waals surface area contributed by atoms with Gasteiger partial charge in [0.1, 0.15) is 5.82 Å². The topological polar surface area (TPSA) is 43.1 Å². The van der Waals surface area contributed by atoms with Crippen molar-refractivity contribution in [3.8, 4) is 11.1 Å². The molecule has 2 aromatic rings. The van der Waals surface area contributed by atoms with Gasteiger partial charge in [-0.2, -0.15) is 0 Å². The number of carbonyl (C=O) groups is 1. The number of nitrogens with two attached hydrogens (primary N) is 1. The molecule has 0 unspecified atom stereocenters. The third-order valence-corrected chi connectivity index (χ3v) is 2.36. The maximum Gasteiger partial charge on any atom is 0.249 e. The SMILES string of the molecule is NC(=O)c1ccccc1-c1ccccc1F. The highest BCUT2D eigenvalue weighted by atomic mass is 19.1. The van der Waals surface area contributed by atoms with Crippen LogP contribution >= 0.6 is 0 Å². The summed E-state index contributed by atoms with van der Waals surface area (Å²) in [5.74, 6) is -0.921. The summed E-state index contributed by atoms with van der Waals surface area (Å²) in [5, 5.41) is 0. The van der Waals surface area contributed by atoms with Crippen LogP contribution in [0, 0.1) is 5.82 Å². The van der Waals surface area contributed by atoms with Crippen molar-refractivity contribution in [2.75, 3.05) is 0 Å². The van der Waals surface area contributed by atoms with Crippen LogP contribution in [-0.4, -0.2) is 5.91 Å². The molecule has 2 rings (SSSR count). The van der Waals surface area contributed by atoms with Crippen molar-refractivity contribution < 1.29 is 9.18 Å². The third-order valence-electron chi connectivity index (χ3n) is 2.36. The Morgan fingerprint density at radius 1 is 0.938 bits per heavy atom. The molecular formula is C13H10FNO. The van der Waals surface area contributed by atoms with E-state index >= 15 is 0 Å². The summed E-state index contributed by atoms with van der Waals surface area (Å²) < 4.78 is 13.6. The minimum Gasteiger partial charge on any atom is -0.366 e. The van der Waals surface area contributed by atoms with E-state index in [4.69, 9.17) is 5.73 Å². The predicted octanol–water partition coefficient (Wildman–Crippen LogP) is 2.59. The van der Waals surface area contributed by atoms with Crippen LogP contribution in [0.1, 0.15) is 10.4 Å². The third kappa shape index (κ3) is 1.80. The Bertz CT molecular complexity index is 537. The van der Waals surface area contributed by atoms with Crippen LogP contribution in [0.4, 0.5) is 4.39 Å². The molecule has 2 nitrogen and oxygen atoms in total. The first-order valence-electron chi connectivity index (χ1n) is 4.84. The normalized spacial score (nSPS) is 10.1. The van der Waals surface area contributed by atoms with Crippen LogP contribution in [0.25, 0.3) is 11.1 Å². The minimum atomic E-state index is -0.557. The van der Waals surface area contributed by atoms with Crippen molar-refractivity contribution >= 4 is 5.91 Å². The van der Waals surface area contributed by atoms with Crippen molar-refractivity contribution in [1.29, 1.82) is 0 Å². The summed E-state index contributed by atoms with van der Waals surface area (Å²) in [6.07, 6.45) is 0. The molecule has 0 aliphatic heterocycles. The summed E-state index contributed by atoms with van der Waals surface area (Å²) in [4.78, 5) is 11.2. The molecule has 0 heterocycles. The fourth-order valence-electron chi connectivity index (χ4n) is 1.61. The molecule has 2 aromatic carbocycles. The molecule has 0 aliphatic carbocycles. The second-order valence-electron chi connectivity index (χ2n) is 3.39. The quantitative estimate of drug-likeness (QED) is 0.822. The van der Waals surface area contributed by atoms with Crippen LogP contribution in [-0.2, 0) is 0 Å². The lowest BCUT2D eigenvalue weighted by atomic mass is 9.99. The Kier molecular flexibility index (Phi) is 2.68. The average Bonchev–Trinajstić information content (AvgIpc) is 2.29. The monoisotopic (exact) mass is 215 g/mol. The van der Waals surface area contributed by atoms with Crippen LogP contribution in [0.5, 0.6) is 0 Å². The first-order chi connectivity index (χ1) is 7.70. The largest absolute Gasteiger partial charge is 0.366 e. The zero-order valence-corrected chi connectivity index (χ0v) is 8.48. The van der Waals surface area contributed by atoms with Gasteiger partial charge in [0, 0.05) is 11.1 Å². The summed E-state index contributed by atoms with van der Waals surface area (Å²) in [5.41, 5.74) is 6.47. The standard InChI is InChI=1S/C13H10FNO/c14-12-8-4-3-6-10(12)9-5-1-2-7-11(9)13(15)16/h1-8H,(H2,15,16). The molecule has 0 atom stereocenters. The van der Waals surface area contributed by atoms with Gasteiger partial charge in [-0.15, -0.1) is 0 Å². The summed E-state index contributed by atoms with van der Waals surface area (Å²) in [6.45, 7) is 0. The summed E-state index contributed by atoms with van der Waals surface area (Å²) >= 11 is 0. The van der Waals surface area contributed by atoms with Gasteiger partial charge in [-0.05, 0) is 17.7 Å². The maximum absolute atomic E-state index is 13.6. The molecule has 0 aliphatic rings. The van der Waals surface area contributed by atoms with Crippen LogP contribution < -0.4 is 5.73 Å². The summed E-state index contributed by atoms with van der Waals surface area (Å²) in [7, 11) is 0. The maximum atomic E-state index is 13.6. The molecule has 16 heavy (non-hydrogen) atoms. The van der Waals surface area contributed by atoms with Gasteiger partial charge >= 0.3 is 0 Å². The smallest absolute Gasteiger partial charge is 0.249 e. The molecule has 0 aromatic heterocycles. The van der Waals surface area contributed by atoms with Gasteiger partial charge in [-0.25, -0.2) is 4.39 Å². The lowest BCUT2D eigenvalue weighted by Gasteiger charge is -2.07. The lowest BCUT2D eigenvalue weighted by molar-refractivity contribution is 0.100. The number of hydrogen-bond acceptors (Lipinski definition) is 1. The van der Waals surface area contributed by atoms with Gasteiger partial charge in [0.2, 0.25) is 5.91 Å². The Morgan fingerprint density at radius 3 is 2.12 bits per heavy atom. The number of halogens is 1. The van der Waals surface area contributed by atoms with E-state index in [2.05, 4.69) is 0 Å². The van der Waals surface area contributed by atoms with Crippen molar-refractivity contribution in [3.05, 3.63) is 59.9 Å². The Morgan fingerprint density at radius 2 is 1.50 bits per heavy atom. The second-order valence-corrected chi connectivity index (χ2v) is 3.39. The molecule has 0 saturated carbocycles. The van der Waals surface area contributed by atoms with E-state index in [1.165, 1.54) is 6.07 Å². The van der Waals surface area contributed by atoms with E-state index < -0.39 is 5.91 Å². The van der Waals surface area contributed by atoms with Gasteiger partial charge in [-0.3, -0.25) is 4.79 Å². The fraction of sp³-hybridized carbons (Fsp3) is 0. The van der Waals surface area contributed by atoms with E-state index in [1.807, 2.05) is 0 Å². The molecule has 80 valence electrons. The molecule has 0 fully saturated rings. The van der Waals surface area contributed by atoms with Crippen LogP contribution in [0.3, 0.4) is 0 Å². The van der Waals surface area contributed by atoms with Crippen molar-refractivity contribution in [3.63, 3.8) is 0 Å². The van der Waals surface area contributed by atoms with Crippen molar-refractivity contribution in [1.82, 2.24) is 0 Å². The van der Waals surface area contributed by atoms with Gasteiger partial charge in [0.05, 0.1) is 0 Å². The van der Waals surface area contributed by atoms with E-state index in [0.29, 0.717) is 16.7 Å². The van der Waals surface area contributed by atoms with E-state index in [-0.39, 0.29) is 5.82 Å². The number of amides is 1. The Hall–Kier alpha value is -2.16. The van der Waals surface area contributed by atoms with Gasteiger partial charge < -0.3 is 5.73 Å². The molecule has 3 heteroatoms. The predicted molar refractivity (Wildman–Crippen MR) is 60.4 cm³/mol. The van der Waals surface area contributed by atoms with E-state index in [9.17, 15) is 9.18 Å². The van der Waals surface area contributed by atoms with E-state index in [0.717, 1.165) is 0 Å². The molecular weight excluding hydrogens is 205 g/mol. The van der Waals surface area contributed by atoms with Gasteiger partial charge in [0.25, 0.3) is 0 Å². The van der Waals surface area contributed by atoms with Gasteiger partial charge in [-0.1, -0.05) is 36.4 Å². The highest BCUT2D eigenvalue weighted by molar-refractivity contribution is 5.99. The molecule has 0 bridgehead atoms. The fourth-order valence-corrected chi connectivity index (χ4v) is 1.61. The highest BCUT2D eigenvalue weighted by Crippen LogP contribution is 2.25.